The highest BCUT2D eigenvalue weighted by Gasteiger charge is 2.21. The topological polar surface area (TPSA) is 84.2 Å². The number of amides is 2. The third-order valence-corrected chi connectivity index (χ3v) is 3.27. The minimum absolute atomic E-state index is 0.121. The Hall–Kier alpha value is -2.37. The lowest BCUT2D eigenvalue weighted by atomic mass is 9.97. The van der Waals surface area contributed by atoms with Crippen molar-refractivity contribution in [2.24, 2.45) is 0 Å². The number of aromatic nitrogens is 1. The average Bonchev–Trinajstić information content (AvgIpc) is 2.89. The van der Waals surface area contributed by atoms with Crippen LogP contribution in [0.3, 0.4) is 0 Å². The van der Waals surface area contributed by atoms with Crippen molar-refractivity contribution in [1.82, 2.24) is 10.3 Å². The van der Waals surface area contributed by atoms with Crippen molar-refractivity contribution >= 4 is 28.6 Å². The molecule has 1 aromatic carbocycles. The molecule has 0 saturated heterocycles. The first-order valence-electron chi connectivity index (χ1n) is 7.77. The third-order valence-electron chi connectivity index (χ3n) is 3.27. The average molecular weight is 317 g/mol. The van der Waals surface area contributed by atoms with Crippen LogP contribution in [-0.4, -0.2) is 23.3 Å². The van der Waals surface area contributed by atoms with Crippen molar-refractivity contribution in [1.29, 1.82) is 0 Å². The second kappa shape index (κ2) is 6.81. The normalized spacial score (nSPS) is 11.5. The van der Waals surface area contributed by atoms with E-state index in [0.717, 1.165) is 0 Å². The van der Waals surface area contributed by atoms with Gasteiger partial charge in [0.05, 0.1) is 0 Å². The van der Waals surface area contributed by atoms with Gasteiger partial charge in [-0.3, -0.25) is 9.59 Å². The molecule has 0 aliphatic heterocycles. The number of anilines is 1. The summed E-state index contributed by atoms with van der Waals surface area (Å²) >= 11 is 0. The van der Waals surface area contributed by atoms with Crippen LogP contribution in [0.25, 0.3) is 11.1 Å². The summed E-state index contributed by atoms with van der Waals surface area (Å²) in [5.41, 5.74) is 1.87. The molecule has 0 saturated carbocycles. The van der Waals surface area contributed by atoms with Crippen LogP contribution in [-0.2, 0) is 15.0 Å². The van der Waals surface area contributed by atoms with Crippen molar-refractivity contribution in [2.75, 3.05) is 11.9 Å². The van der Waals surface area contributed by atoms with E-state index >= 15 is 0 Å². The summed E-state index contributed by atoms with van der Waals surface area (Å²) in [6, 6.07) is 5.33. The molecule has 0 fully saturated rings. The zero-order valence-electron chi connectivity index (χ0n) is 14.0. The summed E-state index contributed by atoms with van der Waals surface area (Å²) in [6.07, 6.45) is 0.329. The van der Waals surface area contributed by atoms with Crippen molar-refractivity contribution in [3.8, 4) is 0 Å². The van der Waals surface area contributed by atoms with Crippen molar-refractivity contribution in [2.45, 2.75) is 46.0 Å². The zero-order chi connectivity index (χ0) is 17.0. The monoisotopic (exact) mass is 317 g/mol. The number of fused-ring (bicyclic) bond motifs is 1. The quantitative estimate of drug-likeness (QED) is 0.888. The van der Waals surface area contributed by atoms with Crippen LogP contribution in [0.15, 0.2) is 22.6 Å². The molecule has 23 heavy (non-hydrogen) atoms. The molecule has 0 radical (unpaired) electrons. The van der Waals surface area contributed by atoms with Gasteiger partial charge in [0.15, 0.2) is 5.58 Å². The van der Waals surface area contributed by atoms with Crippen molar-refractivity contribution in [3.05, 3.63) is 24.1 Å². The summed E-state index contributed by atoms with van der Waals surface area (Å²) in [4.78, 5) is 27.7. The zero-order valence-corrected chi connectivity index (χ0v) is 14.0. The molecule has 6 nitrogen and oxygen atoms in total. The molecule has 2 N–H and O–H groups in total. The van der Waals surface area contributed by atoms with Crippen LogP contribution in [0, 0.1) is 0 Å². The van der Waals surface area contributed by atoms with Gasteiger partial charge in [0, 0.05) is 30.5 Å². The molecule has 0 aliphatic rings. The van der Waals surface area contributed by atoms with Crippen molar-refractivity contribution < 1.29 is 14.0 Å². The van der Waals surface area contributed by atoms with Gasteiger partial charge < -0.3 is 15.1 Å². The van der Waals surface area contributed by atoms with E-state index in [1.807, 2.05) is 27.7 Å². The molecule has 0 bridgehead atoms. The van der Waals surface area contributed by atoms with Gasteiger partial charge in [-0.1, -0.05) is 20.8 Å². The highest BCUT2D eigenvalue weighted by atomic mass is 16.3. The standard InChI is InChI=1S/C17H23N3O3/c1-5-18-14(21)8-9-15(22)19-11-6-7-13-12(10-11)20-16(23-13)17(2,3)4/h6-7,10H,5,8-9H2,1-4H3,(H,18,21)(H,19,22). The Labute approximate surface area is 135 Å². The van der Waals surface area contributed by atoms with Gasteiger partial charge in [0.25, 0.3) is 0 Å². The fourth-order valence-corrected chi connectivity index (χ4v) is 2.06. The lowest BCUT2D eigenvalue weighted by Crippen LogP contribution is -2.24. The smallest absolute Gasteiger partial charge is 0.224 e. The largest absolute Gasteiger partial charge is 0.440 e. The van der Waals surface area contributed by atoms with Gasteiger partial charge in [0.1, 0.15) is 5.52 Å². The Morgan fingerprint density at radius 2 is 1.87 bits per heavy atom. The van der Waals surface area contributed by atoms with Gasteiger partial charge in [0.2, 0.25) is 17.7 Å². The van der Waals surface area contributed by atoms with Crippen LogP contribution in [0.1, 0.15) is 46.4 Å². The SMILES string of the molecule is CCNC(=O)CCC(=O)Nc1ccc2oc(C(C)(C)C)nc2c1. The second-order valence-electron chi connectivity index (χ2n) is 6.45. The Bertz CT molecular complexity index is 713. The molecule has 1 aromatic heterocycles. The number of oxazole rings is 1. The number of hydrogen-bond donors (Lipinski definition) is 2. The minimum Gasteiger partial charge on any atom is -0.440 e. The highest BCUT2D eigenvalue weighted by Crippen LogP contribution is 2.27. The first-order chi connectivity index (χ1) is 10.8. The lowest BCUT2D eigenvalue weighted by molar-refractivity contribution is -0.124. The Morgan fingerprint density at radius 1 is 1.17 bits per heavy atom. The number of benzene rings is 1. The summed E-state index contributed by atoms with van der Waals surface area (Å²) < 4.78 is 5.72. The number of carbonyl (C=O) groups is 2. The molecule has 0 spiro atoms. The lowest BCUT2D eigenvalue weighted by Gasteiger charge is -2.11. The molecule has 0 unspecified atom stereocenters. The first-order valence-corrected chi connectivity index (χ1v) is 7.77. The fraction of sp³-hybridized carbons (Fsp3) is 0.471. The second-order valence-corrected chi connectivity index (χ2v) is 6.45. The summed E-state index contributed by atoms with van der Waals surface area (Å²) in [6.45, 7) is 8.50. The Morgan fingerprint density at radius 3 is 2.52 bits per heavy atom. The summed E-state index contributed by atoms with van der Waals surface area (Å²) in [5.74, 6) is 0.340. The maximum absolute atomic E-state index is 11.9. The van der Waals surface area contributed by atoms with Gasteiger partial charge in [-0.05, 0) is 25.1 Å². The molecule has 2 amide bonds. The van der Waals surface area contributed by atoms with E-state index in [-0.39, 0.29) is 30.1 Å². The Kier molecular flexibility index (Phi) is 5.03. The van der Waals surface area contributed by atoms with E-state index in [4.69, 9.17) is 4.42 Å². The molecule has 2 rings (SSSR count). The van der Waals surface area contributed by atoms with E-state index in [9.17, 15) is 9.59 Å². The number of hydrogen-bond acceptors (Lipinski definition) is 4. The summed E-state index contributed by atoms with van der Waals surface area (Å²) in [7, 11) is 0. The van der Waals surface area contributed by atoms with Crippen LogP contribution in [0.4, 0.5) is 5.69 Å². The maximum Gasteiger partial charge on any atom is 0.224 e. The number of nitrogens with zero attached hydrogens (tertiary/aromatic N) is 1. The van der Waals surface area contributed by atoms with Crippen LogP contribution in [0.5, 0.6) is 0 Å². The van der Waals surface area contributed by atoms with E-state index in [1.165, 1.54) is 0 Å². The molecule has 124 valence electrons. The molecule has 6 heteroatoms. The molecule has 2 aromatic rings. The molecule has 0 atom stereocenters. The van der Waals surface area contributed by atoms with Gasteiger partial charge in [-0.2, -0.15) is 0 Å². The molecular weight excluding hydrogens is 294 g/mol. The number of carbonyl (C=O) groups excluding carboxylic acids is 2. The van der Waals surface area contributed by atoms with E-state index < -0.39 is 0 Å². The van der Waals surface area contributed by atoms with E-state index in [0.29, 0.717) is 29.2 Å². The molecule has 0 aliphatic carbocycles. The fourth-order valence-electron chi connectivity index (χ4n) is 2.06. The predicted octanol–water partition coefficient (Wildman–Crippen LogP) is 2.98. The minimum atomic E-state index is -0.199. The predicted molar refractivity (Wildman–Crippen MR) is 89.3 cm³/mol. The molecular formula is C17H23N3O3. The summed E-state index contributed by atoms with van der Waals surface area (Å²) in [5, 5.41) is 5.44. The number of rotatable bonds is 5. The Balaban J connectivity index is 2.03. The maximum atomic E-state index is 11.9. The third kappa shape index (κ3) is 4.55. The van der Waals surface area contributed by atoms with Crippen molar-refractivity contribution in [3.63, 3.8) is 0 Å². The van der Waals surface area contributed by atoms with Crippen LogP contribution in [0.2, 0.25) is 0 Å². The molecule has 1 heterocycles. The van der Waals surface area contributed by atoms with E-state index in [1.54, 1.807) is 18.2 Å². The first kappa shape index (κ1) is 17.0. The van der Waals surface area contributed by atoms with E-state index in [2.05, 4.69) is 15.6 Å². The van der Waals surface area contributed by atoms with Crippen LogP contribution < -0.4 is 10.6 Å². The van der Waals surface area contributed by atoms with Gasteiger partial charge >= 0.3 is 0 Å². The highest BCUT2D eigenvalue weighted by molar-refractivity contribution is 5.94. The van der Waals surface area contributed by atoms with Crippen LogP contribution >= 0.6 is 0 Å². The number of nitrogens with one attached hydrogen (secondary N) is 2. The van der Waals surface area contributed by atoms with Gasteiger partial charge in [-0.15, -0.1) is 0 Å². The van der Waals surface area contributed by atoms with Gasteiger partial charge in [-0.25, -0.2) is 4.98 Å².